The molecule has 0 bridgehead atoms. The molecule has 0 aliphatic carbocycles. The van der Waals surface area contributed by atoms with Crippen LogP contribution in [0.3, 0.4) is 0 Å². The standard InChI is InChI=1S/C19H30N4O3/c1-4-20-19(22-13-17-9-6-10-25-17)21-12-15-7-5-8-16(11-15)26-14-18(24)23(2)3/h5,7-8,11,17H,4,6,9-10,12-14H2,1-3H3,(H2,20,21,22). The Hall–Kier alpha value is -2.28. The van der Waals surface area contributed by atoms with Gasteiger partial charge in [0.2, 0.25) is 0 Å². The molecule has 1 aliphatic heterocycles. The van der Waals surface area contributed by atoms with E-state index in [1.807, 2.05) is 31.2 Å². The van der Waals surface area contributed by atoms with Crippen LogP contribution in [0.1, 0.15) is 25.3 Å². The summed E-state index contributed by atoms with van der Waals surface area (Å²) in [6.07, 6.45) is 2.49. The molecule has 26 heavy (non-hydrogen) atoms. The van der Waals surface area contributed by atoms with Crippen molar-refractivity contribution in [1.82, 2.24) is 15.5 Å². The van der Waals surface area contributed by atoms with E-state index in [4.69, 9.17) is 9.47 Å². The van der Waals surface area contributed by atoms with E-state index in [0.29, 0.717) is 12.3 Å². The van der Waals surface area contributed by atoms with Gasteiger partial charge in [0.15, 0.2) is 12.6 Å². The number of likely N-dealkylation sites (N-methyl/N-ethyl adjacent to an activating group) is 1. The molecule has 1 aromatic carbocycles. The second-order valence-corrected chi connectivity index (χ2v) is 6.44. The Morgan fingerprint density at radius 2 is 2.23 bits per heavy atom. The van der Waals surface area contributed by atoms with E-state index in [-0.39, 0.29) is 18.6 Å². The lowest BCUT2D eigenvalue weighted by Gasteiger charge is -2.15. The maximum absolute atomic E-state index is 11.6. The first-order chi connectivity index (χ1) is 12.6. The molecular weight excluding hydrogens is 332 g/mol. The Balaban J connectivity index is 1.88. The monoisotopic (exact) mass is 362 g/mol. The van der Waals surface area contributed by atoms with Crippen molar-refractivity contribution in [3.05, 3.63) is 29.8 Å². The van der Waals surface area contributed by atoms with Crippen molar-refractivity contribution < 1.29 is 14.3 Å². The molecule has 7 nitrogen and oxygen atoms in total. The fourth-order valence-corrected chi connectivity index (χ4v) is 2.54. The van der Waals surface area contributed by atoms with Gasteiger partial charge in [0.05, 0.1) is 12.6 Å². The number of aliphatic imine (C=N–C) groups is 1. The van der Waals surface area contributed by atoms with Crippen molar-refractivity contribution in [1.29, 1.82) is 0 Å². The fraction of sp³-hybridized carbons (Fsp3) is 0.579. The third-order valence-corrected chi connectivity index (χ3v) is 4.04. The van der Waals surface area contributed by atoms with Crippen molar-refractivity contribution in [3.8, 4) is 5.75 Å². The van der Waals surface area contributed by atoms with Crippen LogP contribution in [-0.2, 0) is 16.1 Å². The molecule has 0 aromatic heterocycles. The zero-order chi connectivity index (χ0) is 18.8. The minimum Gasteiger partial charge on any atom is -0.484 e. The Labute approximate surface area is 155 Å². The first-order valence-electron chi connectivity index (χ1n) is 9.14. The van der Waals surface area contributed by atoms with Crippen LogP contribution in [0.25, 0.3) is 0 Å². The van der Waals surface area contributed by atoms with Gasteiger partial charge in [-0.15, -0.1) is 0 Å². The number of nitrogens with zero attached hydrogens (tertiary/aromatic N) is 2. The Morgan fingerprint density at radius 3 is 2.92 bits per heavy atom. The van der Waals surface area contributed by atoms with Gasteiger partial charge in [0, 0.05) is 33.8 Å². The third kappa shape index (κ3) is 6.92. The van der Waals surface area contributed by atoms with Gasteiger partial charge >= 0.3 is 0 Å². The van der Waals surface area contributed by atoms with Gasteiger partial charge in [-0.3, -0.25) is 4.79 Å². The molecule has 1 unspecified atom stereocenters. The number of nitrogens with one attached hydrogen (secondary N) is 2. The van der Waals surface area contributed by atoms with Gasteiger partial charge in [-0.25, -0.2) is 4.99 Å². The largest absolute Gasteiger partial charge is 0.484 e. The lowest BCUT2D eigenvalue weighted by atomic mass is 10.2. The van der Waals surface area contributed by atoms with Crippen LogP contribution in [0, 0.1) is 0 Å². The number of ether oxygens (including phenoxy) is 2. The van der Waals surface area contributed by atoms with Crippen LogP contribution in [0.5, 0.6) is 5.75 Å². The average molecular weight is 362 g/mol. The number of amides is 1. The Morgan fingerprint density at radius 1 is 1.38 bits per heavy atom. The van der Waals surface area contributed by atoms with Crippen molar-refractivity contribution in [2.45, 2.75) is 32.4 Å². The minimum atomic E-state index is -0.0683. The van der Waals surface area contributed by atoms with Crippen molar-refractivity contribution in [2.24, 2.45) is 4.99 Å². The van der Waals surface area contributed by atoms with Crippen LogP contribution in [0.15, 0.2) is 29.3 Å². The number of benzene rings is 1. The van der Waals surface area contributed by atoms with Gasteiger partial charge in [0.25, 0.3) is 5.91 Å². The molecule has 1 aliphatic rings. The SMILES string of the molecule is CCNC(=NCc1cccc(OCC(=O)N(C)C)c1)NCC1CCCO1. The van der Waals surface area contributed by atoms with Crippen molar-refractivity contribution in [2.75, 3.05) is 40.4 Å². The van der Waals surface area contributed by atoms with E-state index in [9.17, 15) is 4.79 Å². The summed E-state index contributed by atoms with van der Waals surface area (Å²) in [7, 11) is 3.42. The number of rotatable bonds is 8. The fourth-order valence-electron chi connectivity index (χ4n) is 2.54. The van der Waals surface area contributed by atoms with E-state index in [1.165, 1.54) is 4.90 Å². The summed E-state index contributed by atoms with van der Waals surface area (Å²) >= 11 is 0. The first-order valence-corrected chi connectivity index (χ1v) is 9.14. The smallest absolute Gasteiger partial charge is 0.259 e. The highest BCUT2D eigenvalue weighted by molar-refractivity contribution is 5.79. The van der Waals surface area contributed by atoms with Crippen LogP contribution in [0.2, 0.25) is 0 Å². The number of guanidine groups is 1. The van der Waals surface area contributed by atoms with E-state index >= 15 is 0 Å². The summed E-state index contributed by atoms with van der Waals surface area (Å²) in [5.74, 6) is 1.38. The molecule has 0 saturated carbocycles. The van der Waals surface area contributed by atoms with Crippen LogP contribution in [-0.4, -0.2) is 63.3 Å². The highest BCUT2D eigenvalue weighted by Crippen LogP contribution is 2.14. The molecule has 1 fully saturated rings. The molecule has 2 N–H and O–H groups in total. The van der Waals surface area contributed by atoms with E-state index < -0.39 is 0 Å². The topological polar surface area (TPSA) is 75.2 Å². The van der Waals surface area contributed by atoms with Crippen LogP contribution >= 0.6 is 0 Å². The summed E-state index contributed by atoms with van der Waals surface area (Å²) in [4.78, 5) is 17.7. The van der Waals surface area contributed by atoms with E-state index in [2.05, 4.69) is 15.6 Å². The van der Waals surface area contributed by atoms with Gasteiger partial charge < -0.3 is 25.0 Å². The number of hydrogen-bond acceptors (Lipinski definition) is 4. The van der Waals surface area contributed by atoms with Gasteiger partial charge in [-0.2, -0.15) is 0 Å². The van der Waals surface area contributed by atoms with E-state index in [0.717, 1.165) is 44.1 Å². The Bertz CT molecular complexity index is 598. The van der Waals surface area contributed by atoms with Crippen LogP contribution in [0.4, 0.5) is 0 Å². The number of carbonyl (C=O) groups is 1. The molecular formula is C19H30N4O3. The summed E-state index contributed by atoms with van der Waals surface area (Å²) < 4.78 is 11.2. The molecule has 1 saturated heterocycles. The Kier molecular flexibility index (Phi) is 8.21. The van der Waals surface area contributed by atoms with E-state index in [1.54, 1.807) is 14.1 Å². The normalized spacial score (nSPS) is 17.0. The molecule has 144 valence electrons. The quantitative estimate of drug-likeness (QED) is 0.540. The summed E-state index contributed by atoms with van der Waals surface area (Å²) in [6, 6.07) is 7.66. The molecule has 2 rings (SSSR count). The zero-order valence-corrected chi connectivity index (χ0v) is 16.0. The first kappa shape index (κ1) is 20.0. The predicted molar refractivity (Wildman–Crippen MR) is 102 cm³/mol. The second-order valence-electron chi connectivity index (χ2n) is 6.44. The van der Waals surface area contributed by atoms with Crippen LogP contribution < -0.4 is 15.4 Å². The van der Waals surface area contributed by atoms with Crippen molar-refractivity contribution >= 4 is 11.9 Å². The molecule has 7 heteroatoms. The maximum Gasteiger partial charge on any atom is 0.259 e. The summed E-state index contributed by atoms with van der Waals surface area (Å²) in [5, 5.41) is 6.58. The molecule has 0 radical (unpaired) electrons. The van der Waals surface area contributed by atoms with Gasteiger partial charge in [0.1, 0.15) is 5.75 Å². The molecule has 0 spiro atoms. The van der Waals surface area contributed by atoms with Crippen molar-refractivity contribution in [3.63, 3.8) is 0 Å². The molecule has 1 heterocycles. The highest BCUT2D eigenvalue weighted by atomic mass is 16.5. The predicted octanol–water partition coefficient (Wildman–Crippen LogP) is 1.39. The molecule has 1 atom stereocenters. The molecule has 1 amide bonds. The summed E-state index contributed by atoms with van der Waals surface area (Å²) in [6.45, 7) is 5.02. The minimum absolute atomic E-state index is 0.0330. The van der Waals surface area contributed by atoms with Gasteiger partial charge in [-0.1, -0.05) is 12.1 Å². The number of carbonyl (C=O) groups excluding carboxylic acids is 1. The number of hydrogen-bond donors (Lipinski definition) is 2. The maximum atomic E-state index is 11.6. The molecule has 1 aromatic rings. The lowest BCUT2D eigenvalue weighted by molar-refractivity contribution is -0.130. The lowest BCUT2D eigenvalue weighted by Crippen LogP contribution is -2.41. The zero-order valence-electron chi connectivity index (χ0n) is 16.0. The average Bonchev–Trinajstić information content (AvgIpc) is 3.16. The van der Waals surface area contributed by atoms with Gasteiger partial charge in [-0.05, 0) is 37.5 Å². The summed E-state index contributed by atoms with van der Waals surface area (Å²) in [5.41, 5.74) is 1.02. The second kappa shape index (κ2) is 10.7. The third-order valence-electron chi connectivity index (χ3n) is 4.04. The highest BCUT2D eigenvalue weighted by Gasteiger charge is 2.15.